The van der Waals surface area contributed by atoms with Crippen LogP contribution in [-0.4, -0.2) is 36.1 Å². The molecule has 1 aromatic carbocycles. The van der Waals surface area contributed by atoms with Crippen LogP contribution in [0.2, 0.25) is 0 Å². The van der Waals surface area contributed by atoms with Crippen molar-refractivity contribution in [1.82, 2.24) is 20.6 Å². The topological polar surface area (TPSA) is 74.3 Å². The molecule has 142 valence electrons. The SMILES string of the molecule is CCNC(=NCc1cccc(OC)n1)NCCc1c[nH]c2ccc(F)cc12. The van der Waals surface area contributed by atoms with Crippen molar-refractivity contribution >= 4 is 16.9 Å². The lowest BCUT2D eigenvalue weighted by molar-refractivity contribution is 0.396. The third kappa shape index (κ3) is 4.97. The summed E-state index contributed by atoms with van der Waals surface area (Å²) in [6.45, 7) is 3.91. The minimum Gasteiger partial charge on any atom is -0.481 e. The number of guanidine groups is 1. The summed E-state index contributed by atoms with van der Waals surface area (Å²) in [5, 5.41) is 7.45. The number of H-pyrrole nitrogens is 1. The highest BCUT2D eigenvalue weighted by Crippen LogP contribution is 2.19. The Morgan fingerprint density at radius 2 is 2.15 bits per heavy atom. The third-order valence-corrected chi connectivity index (χ3v) is 4.15. The fraction of sp³-hybridized carbons (Fsp3) is 0.300. The largest absolute Gasteiger partial charge is 0.481 e. The van der Waals surface area contributed by atoms with Crippen LogP contribution < -0.4 is 15.4 Å². The number of nitrogens with zero attached hydrogens (tertiary/aromatic N) is 2. The Morgan fingerprint density at radius 1 is 1.26 bits per heavy atom. The summed E-state index contributed by atoms with van der Waals surface area (Å²) in [4.78, 5) is 12.1. The van der Waals surface area contributed by atoms with Crippen molar-refractivity contribution in [3.8, 4) is 5.88 Å². The maximum absolute atomic E-state index is 13.5. The van der Waals surface area contributed by atoms with E-state index < -0.39 is 0 Å². The number of aliphatic imine (C=N–C) groups is 1. The maximum Gasteiger partial charge on any atom is 0.213 e. The average Bonchev–Trinajstić information content (AvgIpc) is 3.08. The molecule has 6 nitrogen and oxygen atoms in total. The molecule has 0 amide bonds. The molecule has 2 heterocycles. The van der Waals surface area contributed by atoms with Crippen LogP contribution in [0.25, 0.3) is 10.9 Å². The maximum atomic E-state index is 13.5. The summed E-state index contributed by atoms with van der Waals surface area (Å²) >= 11 is 0. The van der Waals surface area contributed by atoms with Gasteiger partial charge in [0, 0.05) is 36.3 Å². The number of ether oxygens (including phenoxy) is 1. The first-order chi connectivity index (χ1) is 13.2. The molecule has 0 saturated heterocycles. The first-order valence-corrected chi connectivity index (χ1v) is 8.97. The predicted molar refractivity (Wildman–Crippen MR) is 106 cm³/mol. The molecule has 7 heteroatoms. The molecule has 2 aromatic heterocycles. The molecule has 0 saturated carbocycles. The summed E-state index contributed by atoms with van der Waals surface area (Å²) in [5.74, 6) is 1.07. The summed E-state index contributed by atoms with van der Waals surface area (Å²) in [5.41, 5.74) is 2.84. The molecule has 3 aromatic rings. The van der Waals surface area contributed by atoms with Gasteiger partial charge in [-0.15, -0.1) is 0 Å². The molecule has 0 unspecified atom stereocenters. The van der Waals surface area contributed by atoms with E-state index in [1.165, 1.54) is 6.07 Å². The molecule has 0 aliphatic heterocycles. The van der Waals surface area contributed by atoms with Crippen LogP contribution in [0.3, 0.4) is 0 Å². The standard InChI is InChI=1S/C20H24FN5O/c1-3-22-20(25-13-16-5-4-6-19(26-16)27-2)23-10-9-14-12-24-18-8-7-15(21)11-17(14)18/h4-8,11-12,24H,3,9-10,13H2,1-2H3,(H2,22,23,25). The zero-order chi connectivity index (χ0) is 19.1. The van der Waals surface area contributed by atoms with Crippen molar-refractivity contribution in [1.29, 1.82) is 0 Å². The van der Waals surface area contributed by atoms with Crippen LogP contribution in [0.5, 0.6) is 5.88 Å². The second-order valence-electron chi connectivity index (χ2n) is 6.05. The molecule has 0 radical (unpaired) electrons. The fourth-order valence-electron chi connectivity index (χ4n) is 2.83. The Bertz CT molecular complexity index is 922. The van der Waals surface area contributed by atoms with E-state index in [-0.39, 0.29) is 5.82 Å². The van der Waals surface area contributed by atoms with E-state index in [9.17, 15) is 4.39 Å². The molecule has 27 heavy (non-hydrogen) atoms. The van der Waals surface area contributed by atoms with E-state index in [2.05, 4.69) is 25.6 Å². The van der Waals surface area contributed by atoms with Gasteiger partial charge in [0.05, 0.1) is 19.3 Å². The van der Waals surface area contributed by atoms with Crippen molar-refractivity contribution in [3.05, 3.63) is 59.7 Å². The molecule has 0 aliphatic rings. The second-order valence-corrected chi connectivity index (χ2v) is 6.05. The Kier molecular flexibility index (Phi) is 6.25. The molecule has 0 aliphatic carbocycles. The van der Waals surface area contributed by atoms with E-state index in [1.54, 1.807) is 25.3 Å². The molecule has 3 N–H and O–H groups in total. The van der Waals surface area contributed by atoms with Crippen LogP contribution in [0.15, 0.2) is 47.6 Å². The predicted octanol–water partition coefficient (Wildman–Crippen LogP) is 3.01. The van der Waals surface area contributed by atoms with Gasteiger partial charge in [-0.05, 0) is 43.2 Å². The van der Waals surface area contributed by atoms with Gasteiger partial charge in [0.25, 0.3) is 0 Å². The van der Waals surface area contributed by atoms with Crippen LogP contribution in [0.4, 0.5) is 4.39 Å². The van der Waals surface area contributed by atoms with Crippen molar-refractivity contribution in [2.24, 2.45) is 4.99 Å². The number of hydrogen-bond donors (Lipinski definition) is 3. The first-order valence-electron chi connectivity index (χ1n) is 8.97. The Balaban J connectivity index is 1.61. The lowest BCUT2D eigenvalue weighted by Crippen LogP contribution is -2.38. The third-order valence-electron chi connectivity index (χ3n) is 4.15. The van der Waals surface area contributed by atoms with E-state index in [4.69, 9.17) is 4.74 Å². The zero-order valence-electron chi connectivity index (χ0n) is 15.6. The molecular weight excluding hydrogens is 345 g/mol. The molecule has 0 fully saturated rings. The van der Waals surface area contributed by atoms with E-state index in [0.717, 1.165) is 35.1 Å². The monoisotopic (exact) mass is 369 g/mol. The minimum absolute atomic E-state index is 0.225. The average molecular weight is 369 g/mol. The van der Waals surface area contributed by atoms with Crippen LogP contribution in [-0.2, 0) is 13.0 Å². The summed E-state index contributed by atoms with van der Waals surface area (Å²) in [6.07, 6.45) is 2.68. The Morgan fingerprint density at radius 3 is 2.96 bits per heavy atom. The van der Waals surface area contributed by atoms with Gasteiger partial charge in [-0.3, -0.25) is 0 Å². The number of benzene rings is 1. The Labute approximate surface area is 157 Å². The van der Waals surface area contributed by atoms with Gasteiger partial charge in [-0.2, -0.15) is 0 Å². The van der Waals surface area contributed by atoms with E-state index in [0.29, 0.717) is 24.9 Å². The Hall–Kier alpha value is -3.09. The van der Waals surface area contributed by atoms with E-state index in [1.807, 2.05) is 25.3 Å². The lowest BCUT2D eigenvalue weighted by atomic mass is 10.1. The summed E-state index contributed by atoms with van der Waals surface area (Å²) < 4.78 is 18.6. The number of fused-ring (bicyclic) bond motifs is 1. The van der Waals surface area contributed by atoms with Gasteiger partial charge in [-0.25, -0.2) is 14.4 Å². The van der Waals surface area contributed by atoms with Crippen molar-refractivity contribution < 1.29 is 9.13 Å². The molecule has 0 atom stereocenters. The molecule has 0 bridgehead atoms. The second kappa shape index (κ2) is 9.02. The van der Waals surface area contributed by atoms with Crippen molar-refractivity contribution in [2.45, 2.75) is 19.9 Å². The lowest BCUT2D eigenvalue weighted by Gasteiger charge is -2.11. The van der Waals surface area contributed by atoms with Gasteiger partial charge in [0.1, 0.15) is 5.82 Å². The molecular formula is C20H24FN5O. The quantitative estimate of drug-likeness (QED) is 0.442. The van der Waals surface area contributed by atoms with Crippen LogP contribution in [0.1, 0.15) is 18.2 Å². The fourth-order valence-corrected chi connectivity index (χ4v) is 2.83. The zero-order valence-corrected chi connectivity index (χ0v) is 15.6. The number of aromatic nitrogens is 2. The van der Waals surface area contributed by atoms with Gasteiger partial charge < -0.3 is 20.4 Å². The number of halogens is 1. The minimum atomic E-state index is -0.225. The number of hydrogen-bond acceptors (Lipinski definition) is 3. The van der Waals surface area contributed by atoms with Gasteiger partial charge in [-0.1, -0.05) is 6.07 Å². The van der Waals surface area contributed by atoms with Gasteiger partial charge >= 0.3 is 0 Å². The van der Waals surface area contributed by atoms with Gasteiger partial charge in [0.2, 0.25) is 5.88 Å². The van der Waals surface area contributed by atoms with E-state index >= 15 is 0 Å². The highest BCUT2D eigenvalue weighted by atomic mass is 19.1. The van der Waals surface area contributed by atoms with Gasteiger partial charge in [0.15, 0.2) is 5.96 Å². The number of aromatic amines is 1. The number of pyridine rings is 1. The normalized spacial score (nSPS) is 11.6. The van der Waals surface area contributed by atoms with Crippen LogP contribution in [0, 0.1) is 5.82 Å². The number of methoxy groups -OCH3 is 1. The highest BCUT2D eigenvalue weighted by molar-refractivity contribution is 5.83. The van der Waals surface area contributed by atoms with Crippen LogP contribution >= 0.6 is 0 Å². The smallest absolute Gasteiger partial charge is 0.213 e. The summed E-state index contributed by atoms with van der Waals surface area (Å²) in [6, 6.07) is 10.4. The summed E-state index contributed by atoms with van der Waals surface area (Å²) in [7, 11) is 1.59. The first kappa shape index (κ1) is 18.7. The number of nitrogens with one attached hydrogen (secondary N) is 3. The van der Waals surface area contributed by atoms with Crippen molar-refractivity contribution in [2.75, 3.05) is 20.2 Å². The highest BCUT2D eigenvalue weighted by Gasteiger charge is 2.06. The molecule has 0 spiro atoms. The molecule has 3 rings (SSSR count). The number of rotatable bonds is 7. The van der Waals surface area contributed by atoms with Crippen molar-refractivity contribution in [3.63, 3.8) is 0 Å².